The van der Waals surface area contributed by atoms with Gasteiger partial charge in [-0.1, -0.05) is 59.3 Å². The number of anilines is 1. The first-order valence-electron chi connectivity index (χ1n) is 9.37. The molecular weight excluding hydrogens is 432 g/mol. The molecule has 1 amide bonds. The standard InChI is InChI=1S/C23H17ClN4O2S/c24-20(22-27-28-23(31-22)21(29)26-17-6-2-1-3-7-17)14-16-9-11-19(12-10-16)30-15-18-8-4-5-13-25-18/h1-14H,15H2,(H,26,29)/b20-14-. The monoisotopic (exact) mass is 448 g/mol. The van der Waals surface area contributed by atoms with Gasteiger partial charge in [-0.2, -0.15) is 0 Å². The first kappa shape index (κ1) is 20.7. The lowest BCUT2D eigenvalue weighted by molar-refractivity contribution is 0.102. The maximum atomic E-state index is 12.3. The van der Waals surface area contributed by atoms with Crippen LogP contribution in [0.4, 0.5) is 5.69 Å². The highest BCUT2D eigenvalue weighted by molar-refractivity contribution is 7.15. The van der Waals surface area contributed by atoms with Gasteiger partial charge in [-0.3, -0.25) is 9.78 Å². The average Bonchev–Trinajstić information content (AvgIpc) is 3.31. The summed E-state index contributed by atoms with van der Waals surface area (Å²) < 4.78 is 5.73. The van der Waals surface area contributed by atoms with Crippen LogP contribution in [-0.2, 0) is 6.61 Å². The largest absolute Gasteiger partial charge is 0.487 e. The summed E-state index contributed by atoms with van der Waals surface area (Å²) in [5.41, 5.74) is 2.43. The summed E-state index contributed by atoms with van der Waals surface area (Å²) in [5, 5.41) is 11.9. The van der Waals surface area contributed by atoms with Crippen molar-refractivity contribution in [2.24, 2.45) is 0 Å². The number of carbonyl (C=O) groups excluding carboxylic acids is 1. The SMILES string of the molecule is O=C(Nc1ccccc1)c1nnc(/C(Cl)=C/c2ccc(OCc3ccccn3)cc2)s1. The zero-order chi connectivity index (χ0) is 21.5. The molecule has 2 aromatic heterocycles. The molecule has 6 nitrogen and oxygen atoms in total. The highest BCUT2D eigenvalue weighted by Gasteiger charge is 2.14. The molecule has 8 heteroatoms. The van der Waals surface area contributed by atoms with E-state index in [0.717, 1.165) is 28.3 Å². The van der Waals surface area contributed by atoms with E-state index in [1.807, 2.05) is 60.7 Å². The van der Waals surface area contributed by atoms with Crippen LogP contribution in [0, 0.1) is 0 Å². The zero-order valence-electron chi connectivity index (χ0n) is 16.2. The molecule has 0 aliphatic carbocycles. The maximum absolute atomic E-state index is 12.3. The van der Waals surface area contributed by atoms with Crippen LogP contribution in [0.1, 0.15) is 26.1 Å². The van der Waals surface area contributed by atoms with Crippen molar-refractivity contribution in [1.82, 2.24) is 15.2 Å². The number of amides is 1. The average molecular weight is 449 g/mol. The number of hydrogen-bond donors (Lipinski definition) is 1. The van der Waals surface area contributed by atoms with Crippen LogP contribution in [-0.4, -0.2) is 21.1 Å². The van der Waals surface area contributed by atoms with Crippen molar-refractivity contribution in [3.63, 3.8) is 0 Å². The minimum atomic E-state index is -0.325. The summed E-state index contributed by atoms with van der Waals surface area (Å²) in [6.07, 6.45) is 3.50. The number of benzene rings is 2. The molecule has 0 bridgehead atoms. The number of halogens is 1. The van der Waals surface area contributed by atoms with Crippen molar-refractivity contribution in [2.45, 2.75) is 6.61 Å². The van der Waals surface area contributed by atoms with Crippen LogP contribution in [0.25, 0.3) is 11.1 Å². The van der Waals surface area contributed by atoms with Gasteiger partial charge in [-0.25, -0.2) is 0 Å². The number of carbonyl (C=O) groups is 1. The molecule has 0 radical (unpaired) electrons. The van der Waals surface area contributed by atoms with Crippen LogP contribution >= 0.6 is 22.9 Å². The number of para-hydroxylation sites is 1. The van der Waals surface area contributed by atoms with Crippen LogP contribution in [0.3, 0.4) is 0 Å². The minimum Gasteiger partial charge on any atom is -0.487 e. The fourth-order valence-electron chi connectivity index (χ4n) is 2.63. The molecule has 0 aliphatic rings. The summed E-state index contributed by atoms with van der Waals surface area (Å²) in [6, 6.07) is 22.4. The molecule has 2 heterocycles. The van der Waals surface area contributed by atoms with Crippen LogP contribution < -0.4 is 10.1 Å². The number of aromatic nitrogens is 3. The predicted octanol–water partition coefficient (Wildman–Crippen LogP) is 5.50. The van der Waals surface area contributed by atoms with Gasteiger partial charge >= 0.3 is 0 Å². The molecule has 2 aromatic carbocycles. The van der Waals surface area contributed by atoms with Gasteiger partial charge in [0.25, 0.3) is 5.91 Å². The molecule has 4 aromatic rings. The van der Waals surface area contributed by atoms with Gasteiger partial charge in [0, 0.05) is 11.9 Å². The molecule has 0 saturated carbocycles. The highest BCUT2D eigenvalue weighted by Crippen LogP contribution is 2.26. The fourth-order valence-corrected chi connectivity index (χ4v) is 3.55. The summed E-state index contributed by atoms with van der Waals surface area (Å²) in [4.78, 5) is 16.6. The molecule has 1 N–H and O–H groups in total. The first-order valence-corrected chi connectivity index (χ1v) is 10.6. The van der Waals surface area contributed by atoms with E-state index in [4.69, 9.17) is 16.3 Å². The third kappa shape index (κ3) is 5.75. The molecule has 4 rings (SSSR count). The van der Waals surface area contributed by atoms with Gasteiger partial charge in [0.15, 0.2) is 5.01 Å². The normalized spacial score (nSPS) is 11.2. The molecule has 0 aliphatic heterocycles. The second-order valence-electron chi connectivity index (χ2n) is 6.40. The molecule has 0 saturated heterocycles. The quantitative estimate of drug-likeness (QED) is 0.404. The van der Waals surface area contributed by atoms with E-state index in [2.05, 4.69) is 20.5 Å². The van der Waals surface area contributed by atoms with Gasteiger partial charge in [-0.15, -0.1) is 10.2 Å². The lowest BCUT2D eigenvalue weighted by Crippen LogP contribution is -2.11. The Morgan fingerprint density at radius 2 is 1.71 bits per heavy atom. The van der Waals surface area contributed by atoms with Crippen molar-refractivity contribution in [3.05, 3.63) is 100 Å². The topological polar surface area (TPSA) is 77.0 Å². The van der Waals surface area contributed by atoms with E-state index in [1.54, 1.807) is 24.4 Å². The van der Waals surface area contributed by atoms with Crippen LogP contribution in [0.2, 0.25) is 0 Å². The lowest BCUT2D eigenvalue weighted by atomic mass is 10.2. The second-order valence-corrected chi connectivity index (χ2v) is 7.79. The third-order valence-corrected chi connectivity index (χ3v) is 5.50. The molecule has 154 valence electrons. The van der Waals surface area contributed by atoms with E-state index in [1.165, 1.54) is 0 Å². The highest BCUT2D eigenvalue weighted by atomic mass is 35.5. The molecule has 0 fully saturated rings. The molecule has 0 unspecified atom stereocenters. The summed E-state index contributed by atoms with van der Waals surface area (Å²) in [5.74, 6) is 0.406. The summed E-state index contributed by atoms with van der Waals surface area (Å²) in [6.45, 7) is 0.398. The minimum absolute atomic E-state index is 0.240. The van der Waals surface area contributed by atoms with Gasteiger partial charge in [0.05, 0.1) is 10.7 Å². The van der Waals surface area contributed by atoms with Gasteiger partial charge in [0.1, 0.15) is 12.4 Å². The van der Waals surface area contributed by atoms with Crippen molar-refractivity contribution in [3.8, 4) is 5.75 Å². The van der Waals surface area contributed by atoms with Crippen LogP contribution in [0.5, 0.6) is 5.75 Å². The van der Waals surface area contributed by atoms with Crippen molar-refractivity contribution in [2.75, 3.05) is 5.32 Å². The van der Waals surface area contributed by atoms with Crippen molar-refractivity contribution < 1.29 is 9.53 Å². The number of pyridine rings is 1. The third-order valence-electron chi connectivity index (χ3n) is 4.14. The maximum Gasteiger partial charge on any atom is 0.286 e. The summed E-state index contributed by atoms with van der Waals surface area (Å²) >= 11 is 7.53. The second kappa shape index (κ2) is 9.97. The number of hydrogen-bond acceptors (Lipinski definition) is 6. The van der Waals surface area contributed by atoms with Crippen molar-refractivity contribution in [1.29, 1.82) is 0 Å². The Labute approximate surface area is 188 Å². The number of nitrogens with one attached hydrogen (secondary N) is 1. The van der Waals surface area contributed by atoms with Gasteiger partial charge in [-0.05, 0) is 48.0 Å². The summed E-state index contributed by atoms with van der Waals surface area (Å²) in [7, 11) is 0. The van der Waals surface area contributed by atoms with Crippen LogP contribution in [0.15, 0.2) is 79.0 Å². The number of rotatable bonds is 7. The van der Waals surface area contributed by atoms with E-state index in [-0.39, 0.29) is 10.9 Å². The molecule has 0 spiro atoms. The Balaban J connectivity index is 1.38. The fraction of sp³-hybridized carbons (Fsp3) is 0.0435. The van der Waals surface area contributed by atoms with E-state index >= 15 is 0 Å². The Morgan fingerprint density at radius 3 is 2.45 bits per heavy atom. The van der Waals surface area contributed by atoms with E-state index < -0.39 is 0 Å². The Hall–Kier alpha value is -3.55. The van der Waals surface area contributed by atoms with E-state index in [9.17, 15) is 4.79 Å². The Kier molecular flexibility index (Phi) is 6.66. The number of ether oxygens (including phenoxy) is 1. The van der Waals surface area contributed by atoms with E-state index in [0.29, 0.717) is 22.3 Å². The number of nitrogens with zero attached hydrogens (tertiary/aromatic N) is 3. The zero-order valence-corrected chi connectivity index (χ0v) is 17.8. The predicted molar refractivity (Wildman–Crippen MR) is 123 cm³/mol. The smallest absolute Gasteiger partial charge is 0.286 e. The first-order chi connectivity index (χ1) is 15.2. The van der Waals surface area contributed by atoms with Gasteiger partial charge in [0.2, 0.25) is 5.01 Å². The van der Waals surface area contributed by atoms with Gasteiger partial charge < -0.3 is 10.1 Å². The Bertz CT molecular complexity index is 1180. The Morgan fingerprint density at radius 1 is 0.968 bits per heavy atom. The molecule has 31 heavy (non-hydrogen) atoms. The van der Waals surface area contributed by atoms with Crippen molar-refractivity contribution >= 4 is 45.6 Å². The molecular formula is C23H17ClN4O2S. The lowest BCUT2D eigenvalue weighted by Gasteiger charge is -2.05. The molecule has 0 atom stereocenters.